The van der Waals surface area contributed by atoms with E-state index in [0.717, 1.165) is 24.2 Å². The van der Waals surface area contributed by atoms with Crippen molar-refractivity contribution in [2.75, 3.05) is 17.2 Å². The second-order valence-electron chi connectivity index (χ2n) is 5.12. The number of amides is 2. The molecule has 0 unspecified atom stereocenters. The largest absolute Gasteiger partial charge is 0.385 e. The third kappa shape index (κ3) is 4.84. The van der Waals surface area contributed by atoms with Crippen LogP contribution in [0.25, 0.3) is 0 Å². The van der Waals surface area contributed by atoms with E-state index in [0.29, 0.717) is 6.54 Å². The number of carbonyl (C=O) groups excluding carboxylic acids is 1. The van der Waals surface area contributed by atoms with Crippen molar-refractivity contribution in [1.29, 1.82) is 0 Å². The first-order valence-corrected chi connectivity index (χ1v) is 7.49. The molecule has 23 heavy (non-hydrogen) atoms. The summed E-state index contributed by atoms with van der Waals surface area (Å²) >= 11 is 0. The third-order valence-electron chi connectivity index (χ3n) is 3.23. The lowest BCUT2D eigenvalue weighted by Gasteiger charge is -2.09. The normalized spacial score (nSPS) is 10.2. The van der Waals surface area contributed by atoms with Crippen molar-refractivity contribution < 1.29 is 4.79 Å². The zero-order chi connectivity index (χ0) is 16.7. The molecule has 1 aromatic heterocycles. The molecule has 0 bridgehead atoms. The minimum absolute atomic E-state index is 0.00612. The van der Waals surface area contributed by atoms with Crippen LogP contribution in [0.4, 0.5) is 16.3 Å². The van der Waals surface area contributed by atoms with Gasteiger partial charge in [-0.05, 0) is 24.1 Å². The summed E-state index contributed by atoms with van der Waals surface area (Å²) in [6.45, 7) is 3.41. The molecule has 7 heteroatoms. The first-order chi connectivity index (χ1) is 11.1. The first-order valence-electron chi connectivity index (χ1n) is 7.49. The summed E-state index contributed by atoms with van der Waals surface area (Å²) < 4.78 is 1.35. The molecule has 0 fully saturated rings. The fourth-order valence-corrected chi connectivity index (χ4v) is 1.93. The summed E-state index contributed by atoms with van der Waals surface area (Å²) in [5.74, 6) is 0.00612. The van der Waals surface area contributed by atoms with E-state index in [9.17, 15) is 9.59 Å². The van der Waals surface area contributed by atoms with Crippen molar-refractivity contribution in [2.45, 2.75) is 19.9 Å². The number of nitrogens with zero attached hydrogens (tertiary/aromatic N) is 2. The summed E-state index contributed by atoms with van der Waals surface area (Å²) in [7, 11) is 1.60. The van der Waals surface area contributed by atoms with E-state index in [2.05, 4.69) is 27.9 Å². The lowest BCUT2D eigenvalue weighted by Crippen LogP contribution is -2.32. The number of hydrogen-bond acceptors (Lipinski definition) is 4. The highest BCUT2D eigenvalue weighted by molar-refractivity contribution is 5.87. The maximum absolute atomic E-state index is 11.8. The smallest absolute Gasteiger partial charge is 0.320 e. The molecule has 2 amide bonds. The van der Waals surface area contributed by atoms with Gasteiger partial charge in [0.1, 0.15) is 0 Å². The van der Waals surface area contributed by atoms with Crippen molar-refractivity contribution in [2.24, 2.45) is 7.05 Å². The molecule has 0 aliphatic carbocycles. The second kappa shape index (κ2) is 7.98. The van der Waals surface area contributed by atoms with Gasteiger partial charge in [0.05, 0.1) is 0 Å². The fourth-order valence-electron chi connectivity index (χ4n) is 1.93. The fraction of sp³-hybridized carbons (Fsp3) is 0.312. The Hall–Kier alpha value is -2.83. The lowest BCUT2D eigenvalue weighted by molar-refractivity contribution is 0.251. The molecule has 0 spiro atoms. The van der Waals surface area contributed by atoms with Gasteiger partial charge in [0.2, 0.25) is 5.82 Å². The molecule has 0 aliphatic heterocycles. The number of rotatable bonds is 6. The molecule has 0 radical (unpaired) electrons. The number of aryl methyl sites for hydroxylation is 1. The van der Waals surface area contributed by atoms with Gasteiger partial charge in [-0.3, -0.25) is 10.1 Å². The Kier molecular flexibility index (Phi) is 5.74. The maximum atomic E-state index is 11.8. The summed E-state index contributed by atoms with van der Waals surface area (Å²) in [4.78, 5) is 27.4. The van der Waals surface area contributed by atoms with Crippen LogP contribution in [0.5, 0.6) is 0 Å². The number of hydrogen-bond donors (Lipinski definition) is 3. The molecule has 3 N–H and O–H groups in total. The Morgan fingerprint density at radius 3 is 2.70 bits per heavy atom. The highest BCUT2D eigenvalue weighted by atomic mass is 16.2. The number of urea groups is 1. The Morgan fingerprint density at radius 2 is 2.00 bits per heavy atom. The molecule has 1 aromatic carbocycles. The molecule has 0 aliphatic rings. The minimum Gasteiger partial charge on any atom is -0.385 e. The van der Waals surface area contributed by atoms with E-state index < -0.39 is 6.03 Å². The molecule has 2 rings (SSSR count). The van der Waals surface area contributed by atoms with Gasteiger partial charge in [-0.1, -0.05) is 19.1 Å². The summed E-state index contributed by atoms with van der Waals surface area (Å²) in [5.41, 5.74) is 1.67. The molecule has 2 aromatic rings. The zero-order valence-corrected chi connectivity index (χ0v) is 13.3. The van der Waals surface area contributed by atoms with Crippen LogP contribution in [0.1, 0.15) is 18.9 Å². The lowest BCUT2D eigenvalue weighted by atomic mass is 10.2. The predicted molar refractivity (Wildman–Crippen MR) is 90.6 cm³/mol. The Morgan fingerprint density at radius 1 is 1.26 bits per heavy atom. The second-order valence-corrected chi connectivity index (χ2v) is 5.12. The topological polar surface area (TPSA) is 88.0 Å². The Balaban J connectivity index is 1.86. The van der Waals surface area contributed by atoms with E-state index in [1.54, 1.807) is 7.05 Å². The number of aromatic nitrogens is 2. The van der Waals surface area contributed by atoms with Gasteiger partial charge in [0.15, 0.2) is 0 Å². The van der Waals surface area contributed by atoms with Crippen LogP contribution in [0, 0.1) is 0 Å². The van der Waals surface area contributed by atoms with Crippen LogP contribution < -0.4 is 21.5 Å². The van der Waals surface area contributed by atoms with Crippen LogP contribution in [0.15, 0.2) is 41.5 Å². The van der Waals surface area contributed by atoms with E-state index in [1.165, 1.54) is 17.0 Å². The van der Waals surface area contributed by atoms with E-state index in [4.69, 9.17) is 0 Å². The first kappa shape index (κ1) is 16.5. The van der Waals surface area contributed by atoms with Gasteiger partial charge in [-0.2, -0.15) is 0 Å². The summed E-state index contributed by atoms with van der Waals surface area (Å²) in [5, 5.41) is 8.44. The minimum atomic E-state index is -0.464. The predicted octanol–water partition coefficient (Wildman–Crippen LogP) is 1.92. The molecule has 0 saturated carbocycles. The SMILES string of the molecule is CCCNc1ccc(CNC(=O)Nc2nccn(C)c2=O)cc1. The van der Waals surface area contributed by atoms with E-state index in [1.807, 2.05) is 24.3 Å². The molecular formula is C16H21N5O2. The maximum Gasteiger partial charge on any atom is 0.320 e. The molecule has 0 saturated heterocycles. The van der Waals surface area contributed by atoms with Crippen LogP contribution in [-0.2, 0) is 13.6 Å². The average molecular weight is 315 g/mol. The standard InChI is InChI=1S/C16H21N5O2/c1-3-8-17-13-6-4-12(5-7-13)11-19-16(23)20-14-15(22)21(2)10-9-18-14/h4-7,9-10,17H,3,8,11H2,1-2H3,(H2,18,19,20,23). The van der Waals surface area contributed by atoms with Crippen molar-refractivity contribution in [3.8, 4) is 0 Å². The van der Waals surface area contributed by atoms with Gasteiger partial charge >= 0.3 is 6.03 Å². The number of nitrogens with one attached hydrogen (secondary N) is 3. The van der Waals surface area contributed by atoms with Crippen molar-refractivity contribution in [1.82, 2.24) is 14.9 Å². The molecule has 1 heterocycles. The number of anilines is 2. The van der Waals surface area contributed by atoms with Crippen LogP contribution in [-0.4, -0.2) is 22.1 Å². The Labute approximate surface area is 134 Å². The Bertz CT molecular complexity index is 709. The number of benzene rings is 1. The van der Waals surface area contributed by atoms with Gasteiger partial charge in [-0.25, -0.2) is 9.78 Å². The molecule has 7 nitrogen and oxygen atoms in total. The molecular weight excluding hydrogens is 294 g/mol. The van der Waals surface area contributed by atoms with Crippen molar-refractivity contribution in [3.05, 3.63) is 52.6 Å². The summed E-state index contributed by atoms with van der Waals surface area (Å²) in [6, 6.07) is 7.36. The third-order valence-corrected chi connectivity index (χ3v) is 3.23. The molecule has 0 atom stereocenters. The quantitative estimate of drug-likeness (QED) is 0.760. The average Bonchev–Trinajstić information content (AvgIpc) is 2.56. The van der Waals surface area contributed by atoms with Gasteiger partial charge < -0.3 is 15.2 Å². The van der Waals surface area contributed by atoms with Crippen LogP contribution in [0.2, 0.25) is 0 Å². The van der Waals surface area contributed by atoms with Crippen LogP contribution >= 0.6 is 0 Å². The molecule has 122 valence electrons. The van der Waals surface area contributed by atoms with Gasteiger partial charge in [0, 0.05) is 38.2 Å². The van der Waals surface area contributed by atoms with E-state index in [-0.39, 0.29) is 11.4 Å². The van der Waals surface area contributed by atoms with Crippen LogP contribution in [0.3, 0.4) is 0 Å². The van der Waals surface area contributed by atoms with Crippen molar-refractivity contribution in [3.63, 3.8) is 0 Å². The van der Waals surface area contributed by atoms with Crippen molar-refractivity contribution >= 4 is 17.5 Å². The monoisotopic (exact) mass is 315 g/mol. The van der Waals surface area contributed by atoms with Gasteiger partial charge in [-0.15, -0.1) is 0 Å². The highest BCUT2D eigenvalue weighted by Gasteiger charge is 2.07. The van der Waals surface area contributed by atoms with Gasteiger partial charge in [0.25, 0.3) is 5.56 Å². The van der Waals surface area contributed by atoms with E-state index >= 15 is 0 Å². The zero-order valence-electron chi connectivity index (χ0n) is 13.3. The highest BCUT2D eigenvalue weighted by Crippen LogP contribution is 2.09. The number of carbonyl (C=O) groups is 1. The summed E-state index contributed by atoms with van der Waals surface area (Å²) in [6.07, 6.45) is 4.05.